The molecule has 2 aliphatic rings. The van der Waals surface area contributed by atoms with E-state index in [2.05, 4.69) is 29.4 Å². The maximum atomic E-state index is 12.6. The van der Waals surface area contributed by atoms with Crippen molar-refractivity contribution in [3.63, 3.8) is 0 Å². The number of hydrogen-bond donors (Lipinski definition) is 2. The Hall–Kier alpha value is -2.94. The molecule has 0 aromatic heterocycles. The Kier molecular flexibility index (Phi) is 8.88. The SMILES string of the molecule is CN(C)CC(C)(C)CNC(=O)C1CCN(C(=O)CNC(=O)c2ccc(N3CCCC3=O)cc2)CC1. The number of rotatable bonds is 9. The molecule has 0 bridgehead atoms. The van der Waals surface area contributed by atoms with Crippen LogP contribution in [0.2, 0.25) is 0 Å². The summed E-state index contributed by atoms with van der Waals surface area (Å²) in [7, 11) is 4.04. The highest BCUT2D eigenvalue weighted by Gasteiger charge is 2.29. The maximum Gasteiger partial charge on any atom is 0.251 e. The normalized spacial score (nSPS) is 17.1. The van der Waals surface area contributed by atoms with E-state index in [1.54, 1.807) is 34.1 Å². The average molecular weight is 486 g/mol. The molecule has 2 N–H and O–H groups in total. The molecule has 0 radical (unpaired) electrons. The average Bonchev–Trinajstić information content (AvgIpc) is 3.26. The molecule has 2 aliphatic heterocycles. The Morgan fingerprint density at radius 2 is 1.69 bits per heavy atom. The Labute approximate surface area is 208 Å². The molecule has 2 saturated heterocycles. The second kappa shape index (κ2) is 11.7. The molecule has 0 aliphatic carbocycles. The molecule has 0 atom stereocenters. The number of carbonyl (C=O) groups is 4. The summed E-state index contributed by atoms with van der Waals surface area (Å²) in [4.78, 5) is 55.1. The van der Waals surface area contributed by atoms with Crippen molar-refractivity contribution >= 4 is 29.3 Å². The van der Waals surface area contributed by atoms with Gasteiger partial charge in [0, 0.05) is 56.3 Å². The lowest BCUT2D eigenvalue weighted by molar-refractivity contribution is -0.134. The van der Waals surface area contributed by atoms with Crippen LogP contribution in [0.15, 0.2) is 24.3 Å². The van der Waals surface area contributed by atoms with Crippen LogP contribution in [0.25, 0.3) is 0 Å². The third-order valence-electron chi connectivity index (χ3n) is 6.62. The summed E-state index contributed by atoms with van der Waals surface area (Å²) in [5.74, 6) is -0.417. The van der Waals surface area contributed by atoms with Gasteiger partial charge in [0.15, 0.2) is 0 Å². The Morgan fingerprint density at radius 3 is 2.26 bits per heavy atom. The van der Waals surface area contributed by atoms with E-state index in [4.69, 9.17) is 0 Å². The number of likely N-dealkylation sites (tertiary alicyclic amines) is 1. The predicted molar refractivity (Wildman–Crippen MR) is 135 cm³/mol. The summed E-state index contributed by atoms with van der Waals surface area (Å²) in [5.41, 5.74) is 1.22. The number of nitrogens with zero attached hydrogens (tertiary/aromatic N) is 3. The van der Waals surface area contributed by atoms with E-state index in [0.717, 1.165) is 18.7 Å². The van der Waals surface area contributed by atoms with Gasteiger partial charge in [-0.2, -0.15) is 0 Å². The van der Waals surface area contributed by atoms with Crippen LogP contribution >= 0.6 is 0 Å². The van der Waals surface area contributed by atoms with Crippen molar-refractivity contribution in [3.8, 4) is 0 Å². The second-order valence-corrected chi connectivity index (χ2v) is 10.7. The van der Waals surface area contributed by atoms with E-state index in [1.165, 1.54) is 0 Å². The molecule has 1 aromatic carbocycles. The lowest BCUT2D eigenvalue weighted by Gasteiger charge is -2.33. The first-order chi connectivity index (χ1) is 16.6. The highest BCUT2D eigenvalue weighted by molar-refractivity contribution is 5.98. The fourth-order valence-corrected chi connectivity index (χ4v) is 4.86. The molecule has 9 nitrogen and oxygen atoms in total. The second-order valence-electron chi connectivity index (χ2n) is 10.7. The number of nitrogens with one attached hydrogen (secondary N) is 2. The van der Waals surface area contributed by atoms with Crippen LogP contribution in [0.5, 0.6) is 0 Å². The first kappa shape index (κ1) is 26.7. The molecule has 1 aromatic rings. The quantitative estimate of drug-likeness (QED) is 0.552. The van der Waals surface area contributed by atoms with Gasteiger partial charge >= 0.3 is 0 Å². The van der Waals surface area contributed by atoms with Crippen molar-refractivity contribution in [1.29, 1.82) is 0 Å². The largest absolute Gasteiger partial charge is 0.355 e. The number of hydrogen-bond acceptors (Lipinski definition) is 5. The highest BCUT2D eigenvalue weighted by atomic mass is 16.2. The van der Waals surface area contributed by atoms with Crippen LogP contribution in [-0.2, 0) is 14.4 Å². The van der Waals surface area contributed by atoms with Gasteiger partial charge in [-0.15, -0.1) is 0 Å². The number of anilines is 1. The van der Waals surface area contributed by atoms with Gasteiger partial charge in [-0.3, -0.25) is 19.2 Å². The molecule has 2 heterocycles. The first-order valence-corrected chi connectivity index (χ1v) is 12.4. The molecular formula is C26H39N5O4. The topological polar surface area (TPSA) is 102 Å². The van der Waals surface area contributed by atoms with Gasteiger partial charge in [0.05, 0.1) is 6.54 Å². The minimum atomic E-state index is -0.327. The van der Waals surface area contributed by atoms with E-state index >= 15 is 0 Å². The number of carbonyl (C=O) groups excluding carboxylic acids is 4. The highest BCUT2D eigenvalue weighted by Crippen LogP contribution is 2.22. The van der Waals surface area contributed by atoms with Crippen molar-refractivity contribution in [3.05, 3.63) is 29.8 Å². The van der Waals surface area contributed by atoms with Crippen molar-refractivity contribution in [2.24, 2.45) is 11.3 Å². The van der Waals surface area contributed by atoms with E-state index in [1.807, 2.05) is 14.1 Å². The molecule has 2 fully saturated rings. The van der Waals surface area contributed by atoms with E-state index < -0.39 is 0 Å². The summed E-state index contributed by atoms with van der Waals surface area (Å²) in [6.45, 7) is 7.39. The van der Waals surface area contributed by atoms with Crippen molar-refractivity contribution < 1.29 is 19.2 Å². The predicted octanol–water partition coefficient (Wildman–Crippen LogP) is 1.49. The van der Waals surface area contributed by atoms with Gasteiger partial charge in [0.25, 0.3) is 5.91 Å². The van der Waals surface area contributed by atoms with Crippen LogP contribution in [0.4, 0.5) is 5.69 Å². The number of benzene rings is 1. The molecule has 0 saturated carbocycles. The van der Waals surface area contributed by atoms with Crippen LogP contribution in [-0.4, -0.2) is 86.8 Å². The molecular weight excluding hydrogens is 446 g/mol. The Balaban J connectivity index is 1.39. The molecule has 9 heteroatoms. The van der Waals surface area contributed by atoms with Crippen LogP contribution in [0.1, 0.15) is 49.9 Å². The Morgan fingerprint density at radius 1 is 1.03 bits per heavy atom. The van der Waals surface area contributed by atoms with Crippen LogP contribution in [0.3, 0.4) is 0 Å². The maximum absolute atomic E-state index is 12.6. The van der Waals surface area contributed by atoms with Crippen molar-refractivity contribution in [2.75, 3.05) is 58.3 Å². The van der Waals surface area contributed by atoms with Gasteiger partial charge in [0.2, 0.25) is 17.7 Å². The fraction of sp³-hybridized carbons (Fsp3) is 0.615. The standard InChI is InChI=1S/C26H39N5O4/c1-26(2,18-29(3)4)17-28-25(35)20-11-14-30(15-12-20)23(33)16-27-24(34)19-7-9-21(10-8-19)31-13-5-6-22(31)32/h7-10,20H,5-6,11-18H2,1-4H3,(H,27,34)(H,28,35). The zero-order chi connectivity index (χ0) is 25.6. The summed E-state index contributed by atoms with van der Waals surface area (Å²) < 4.78 is 0. The summed E-state index contributed by atoms with van der Waals surface area (Å²) in [6.07, 6.45) is 2.65. The zero-order valence-corrected chi connectivity index (χ0v) is 21.4. The Bertz CT molecular complexity index is 920. The molecule has 0 unspecified atom stereocenters. The van der Waals surface area contributed by atoms with E-state index in [0.29, 0.717) is 51.0 Å². The first-order valence-electron chi connectivity index (χ1n) is 12.4. The molecule has 3 rings (SSSR count). The fourth-order valence-electron chi connectivity index (χ4n) is 4.86. The minimum absolute atomic E-state index is 0.0139. The number of piperidine rings is 1. The van der Waals surface area contributed by atoms with E-state index in [9.17, 15) is 19.2 Å². The third-order valence-corrected chi connectivity index (χ3v) is 6.62. The van der Waals surface area contributed by atoms with Gasteiger partial charge in [-0.25, -0.2) is 0 Å². The van der Waals surface area contributed by atoms with Crippen LogP contribution in [0, 0.1) is 11.3 Å². The van der Waals surface area contributed by atoms with Crippen LogP contribution < -0.4 is 15.5 Å². The van der Waals surface area contributed by atoms with E-state index in [-0.39, 0.29) is 41.5 Å². The third kappa shape index (κ3) is 7.52. The summed E-state index contributed by atoms with van der Waals surface area (Å²) in [5, 5.41) is 5.76. The van der Waals surface area contributed by atoms with Gasteiger partial charge in [0.1, 0.15) is 0 Å². The lowest BCUT2D eigenvalue weighted by Crippen LogP contribution is -2.47. The summed E-state index contributed by atoms with van der Waals surface area (Å²) >= 11 is 0. The van der Waals surface area contributed by atoms with Gasteiger partial charge < -0.3 is 25.3 Å². The smallest absolute Gasteiger partial charge is 0.251 e. The van der Waals surface area contributed by atoms with Crippen molar-refractivity contribution in [2.45, 2.75) is 39.5 Å². The van der Waals surface area contributed by atoms with Gasteiger partial charge in [-0.05, 0) is 63.0 Å². The number of amides is 4. The lowest BCUT2D eigenvalue weighted by atomic mass is 9.91. The minimum Gasteiger partial charge on any atom is -0.355 e. The zero-order valence-electron chi connectivity index (χ0n) is 21.4. The summed E-state index contributed by atoms with van der Waals surface area (Å²) in [6, 6.07) is 6.87. The molecule has 0 spiro atoms. The molecule has 192 valence electrons. The molecule has 4 amide bonds. The molecule has 35 heavy (non-hydrogen) atoms. The monoisotopic (exact) mass is 485 g/mol. The van der Waals surface area contributed by atoms with Crippen molar-refractivity contribution in [1.82, 2.24) is 20.4 Å². The van der Waals surface area contributed by atoms with Gasteiger partial charge in [-0.1, -0.05) is 13.8 Å².